The molecule has 0 saturated carbocycles. The summed E-state index contributed by atoms with van der Waals surface area (Å²) in [6.45, 7) is 7.14. The molecule has 25 heavy (non-hydrogen) atoms. The molecule has 1 aromatic carbocycles. The number of fused-ring (bicyclic) bond motifs is 1. The molecule has 0 saturated heterocycles. The molecule has 1 unspecified atom stereocenters. The lowest BCUT2D eigenvalue weighted by Crippen LogP contribution is -2.36. The number of nitrogens with one attached hydrogen (secondary N) is 1. The third-order valence-corrected chi connectivity index (χ3v) is 4.64. The lowest BCUT2D eigenvalue weighted by atomic mass is 10.1. The average molecular weight is 341 g/mol. The Kier molecular flexibility index (Phi) is 6.00. The molecule has 134 valence electrons. The van der Waals surface area contributed by atoms with Crippen molar-refractivity contribution in [2.24, 2.45) is 0 Å². The van der Waals surface area contributed by atoms with E-state index in [1.807, 2.05) is 13.0 Å². The first-order valence-electron chi connectivity index (χ1n) is 9.21. The topological polar surface area (TPSA) is 58.2 Å². The Morgan fingerprint density at radius 1 is 1.28 bits per heavy atom. The molecular weight excluding hydrogens is 314 g/mol. The van der Waals surface area contributed by atoms with Crippen LogP contribution in [0.25, 0.3) is 0 Å². The van der Waals surface area contributed by atoms with Crippen LogP contribution in [0.2, 0.25) is 0 Å². The van der Waals surface area contributed by atoms with Crippen LogP contribution in [0.5, 0.6) is 0 Å². The Morgan fingerprint density at radius 3 is 2.80 bits per heavy atom. The molecule has 2 heterocycles. The standard InChI is InChI=1S/C20H27N3O2/c1-3-8-18(25-4-2)19-21-17-11-12-23(14-16(17)20(24)22-19)13-15-9-6-5-7-10-15/h5-7,9-10,18H,3-4,8,11-14H2,1-2H3,(H,21,22,24). The first-order chi connectivity index (χ1) is 12.2. The fraction of sp³-hybridized carbons (Fsp3) is 0.500. The van der Waals surface area contributed by atoms with Crippen LogP contribution in [0.4, 0.5) is 0 Å². The van der Waals surface area contributed by atoms with Crippen molar-refractivity contribution < 1.29 is 4.74 Å². The molecule has 0 bridgehead atoms. The van der Waals surface area contributed by atoms with Crippen molar-refractivity contribution in [3.8, 4) is 0 Å². The molecule has 0 amide bonds. The number of aromatic amines is 1. The Balaban J connectivity index is 1.78. The lowest BCUT2D eigenvalue weighted by molar-refractivity contribution is 0.0488. The van der Waals surface area contributed by atoms with Gasteiger partial charge in [0.2, 0.25) is 0 Å². The van der Waals surface area contributed by atoms with Gasteiger partial charge in [-0.15, -0.1) is 0 Å². The van der Waals surface area contributed by atoms with Crippen molar-refractivity contribution in [2.75, 3.05) is 13.2 Å². The second-order valence-electron chi connectivity index (χ2n) is 6.56. The van der Waals surface area contributed by atoms with E-state index in [1.165, 1.54) is 5.56 Å². The van der Waals surface area contributed by atoms with Gasteiger partial charge in [0.1, 0.15) is 11.9 Å². The van der Waals surface area contributed by atoms with Crippen molar-refractivity contribution in [2.45, 2.75) is 52.3 Å². The van der Waals surface area contributed by atoms with E-state index in [1.54, 1.807) is 0 Å². The van der Waals surface area contributed by atoms with Crippen LogP contribution in [0, 0.1) is 0 Å². The summed E-state index contributed by atoms with van der Waals surface area (Å²) in [7, 11) is 0. The molecule has 1 aromatic heterocycles. The molecule has 1 N–H and O–H groups in total. The van der Waals surface area contributed by atoms with Crippen LogP contribution in [0.1, 0.15) is 55.4 Å². The normalized spacial score (nSPS) is 15.8. The summed E-state index contributed by atoms with van der Waals surface area (Å²) in [5.74, 6) is 0.684. The van der Waals surface area contributed by atoms with Crippen molar-refractivity contribution in [3.63, 3.8) is 0 Å². The molecule has 5 nitrogen and oxygen atoms in total. The van der Waals surface area contributed by atoms with Crippen LogP contribution >= 0.6 is 0 Å². The van der Waals surface area contributed by atoms with Gasteiger partial charge in [0.05, 0.1) is 11.3 Å². The van der Waals surface area contributed by atoms with Gasteiger partial charge in [-0.2, -0.15) is 0 Å². The van der Waals surface area contributed by atoms with E-state index in [2.05, 4.69) is 41.1 Å². The smallest absolute Gasteiger partial charge is 0.255 e. The summed E-state index contributed by atoms with van der Waals surface area (Å²) in [6, 6.07) is 10.4. The van der Waals surface area contributed by atoms with Gasteiger partial charge < -0.3 is 9.72 Å². The zero-order valence-electron chi connectivity index (χ0n) is 15.1. The molecule has 1 aliphatic rings. The van der Waals surface area contributed by atoms with E-state index < -0.39 is 0 Å². The first-order valence-corrected chi connectivity index (χ1v) is 9.21. The lowest BCUT2D eigenvalue weighted by Gasteiger charge is -2.28. The summed E-state index contributed by atoms with van der Waals surface area (Å²) in [5, 5.41) is 0. The number of H-pyrrole nitrogens is 1. The highest BCUT2D eigenvalue weighted by molar-refractivity contribution is 5.22. The summed E-state index contributed by atoms with van der Waals surface area (Å²) < 4.78 is 5.77. The van der Waals surface area contributed by atoms with Crippen molar-refractivity contribution in [3.05, 3.63) is 63.3 Å². The molecule has 2 aromatic rings. The SMILES string of the molecule is CCCC(OCC)c1nc2c(c(=O)[nH]1)CN(Cc1ccccc1)CC2. The maximum absolute atomic E-state index is 12.6. The Morgan fingerprint density at radius 2 is 2.08 bits per heavy atom. The van der Waals surface area contributed by atoms with Crippen molar-refractivity contribution in [1.82, 2.24) is 14.9 Å². The van der Waals surface area contributed by atoms with Crippen LogP contribution in [0.3, 0.4) is 0 Å². The number of hydrogen-bond acceptors (Lipinski definition) is 4. The van der Waals surface area contributed by atoms with Crippen LogP contribution in [0.15, 0.2) is 35.1 Å². The van der Waals surface area contributed by atoms with E-state index in [4.69, 9.17) is 9.72 Å². The number of rotatable bonds is 7. The van der Waals surface area contributed by atoms with Crippen LogP contribution in [-0.4, -0.2) is 28.0 Å². The maximum atomic E-state index is 12.6. The molecule has 1 aliphatic heterocycles. The Hall–Kier alpha value is -1.98. The van der Waals surface area contributed by atoms with E-state index in [-0.39, 0.29) is 11.7 Å². The minimum absolute atomic E-state index is 0.0152. The fourth-order valence-corrected chi connectivity index (χ4v) is 3.39. The largest absolute Gasteiger partial charge is 0.371 e. The van der Waals surface area contributed by atoms with Gasteiger partial charge in [-0.3, -0.25) is 9.69 Å². The van der Waals surface area contributed by atoms with Gasteiger partial charge >= 0.3 is 0 Å². The van der Waals surface area contributed by atoms with E-state index >= 15 is 0 Å². The molecule has 5 heteroatoms. The van der Waals surface area contributed by atoms with Crippen LogP contribution < -0.4 is 5.56 Å². The molecule has 0 aliphatic carbocycles. The van der Waals surface area contributed by atoms with Gasteiger partial charge in [0.15, 0.2) is 0 Å². The molecule has 0 fully saturated rings. The first kappa shape index (κ1) is 17.8. The van der Waals surface area contributed by atoms with E-state index in [0.717, 1.165) is 43.6 Å². The number of hydrogen-bond donors (Lipinski definition) is 1. The third-order valence-electron chi connectivity index (χ3n) is 4.64. The summed E-state index contributed by atoms with van der Waals surface area (Å²) in [5.41, 5.74) is 2.99. The maximum Gasteiger partial charge on any atom is 0.255 e. The van der Waals surface area contributed by atoms with E-state index in [0.29, 0.717) is 19.0 Å². The molecule has 3 rings (SSSR count). The van der Waals surface area contributed by atoms with Crippen LogP contribution in [-0.2, 0) is 24.2 Å². The minimum atomic E-state index is -0.115. The summed E-state index contributed by atoms with van der Waals surface area (Å²) in [4.78, 5) is 22.6. The number of aromatic nitrogens is 2. The average Bonchev–Trinajstić information content (AvgIpc) is 2.63. The van der Waals surface area contributed by atoms with Gasteiger partial charge in [0.25, 0.3) is 5.56 Å². The highest BCUT2D eigenvalue weighted by Crippen LogP contribution is 2.22. The molecule has 0 radical (unpaired) electrons. The molecule has 1 atom stereocenters. The quantitative estimate of drug-likeness (QED) is 0.840. The number of ether oxygens (including phenoxy) is 1. The van der Waals surface area contributed by atoms with Gasteiger partial charge in [-0.1, -0.05) is 43.7 Å². The summed E-state index contributed by atoms with van der Waals surface area (Å²) in [6.07, 6.45) is 2.56. The molecular formula is C20H27N3O2. The molecule has 0 spiro atoms. The Labute approximate surface area is 149 Å². The monoisotopic (exact) mass is 341 g/mol. The fourth-order valence-electron chi connectivity index (χ4n) is 3.39. The van der Waals surface area contributed by atoms with Crippen molar-refractivity contribution >= 4 is 0 Å². The zero-order valence-corrected chi connectivity index (χ0v) is 15.1. The van der Waals surface area contributed by atoms with Gasteiger partial charge in [-0.05, 0) is 18.9 Å². The summed E-state index contributed by atoms with van der Waals surface area (Å²) >= 11 is 0. The Bertz CT molecular complexity index is 736. The third kappa shape index (κ3) is 4.35. The van der Waals surface area contributed by atoms with Crippen molar-refractivity contribution in [1.29, 1.82) is 0 Å². The zero-order chi connectivity index (χ0) is 17.6. The number of benzene rings is 1. The van der Waals surface area contributed by atoms with Gasteiger partial charge in [-0.25, -0.2) is 4.98 Å². The second kappa shape index (κ2) is 8.41. The second-order valence-corrected chi connectivity index (χ2v) is 6.56. The van der Waals surface area contributed by atoms with Gasteiger partial charge in [0, 0.05) is 32.7 Å². The predicted molar refractivity (Wildman–Crippen MR) is 98.4 cm³/mol. The highest BCUT2D eigenvalue weighted by atomic mass is 16.5. The predicted octanol–water partition coefficient (Wildman–Crippen LogP) is 3.21. The number of nitrogens with zero attached hydrogens (tertiary/aromatic N) is 2. The minimum Gasteiger partial charge on any atom is -0.371 e. The van der Waals surface area contributed by atoms with E-state index in [9.17, 15) is 4.79 Å². The highest BCUT2D eigenvalue weighted by Gasteiger charge is 2.23.